The average Bonchev–Trinajstić information content (AvgIpc) is 2.91. The van der Waals surface area contributed by atoms with Gasteiger partial charge in [-0.15, -0.1) is 16.2 Å². The van der Waals surface area contributed by atoms with Gasteiger partial charge in [0.25, 0.3) is 21.6 Å². The van der Waals surface area contributed by atoms with E-state index in [9.17, 15) is 23.3 Å². The van der Waals surface area contributed by atoms with Crippen LogP contribution in [-0.4, -0.2) is 19.2 Å². The van der Waals surface area contributed by atoms with Crippen molar-refractivity contribution in [2.24, 2.45) is 0 Å². The number of nitrogens with zero attached hydrogens (tertiary/aromatic N) is 1. The lowest BCUT2D eigenvalue weighted by Crippen LogP contribution is -2.41. The molecule has 0 aliphatic rings. The van der Waals surface area contributed by atoms with Gasteiger partial charge in [0.2, 0.25) is 0 Å². The maximum Gasteiger partial charge on any atom is 0.276 e. The molecule has 0 radical (unpaired) electrons. The first-order chi connectivity index (χ1) is 10.3. The average molecular weight is 406 g/mol. The third kappa shape index (κ3) is 3.88. The highest BCUT2D eigenvalue weighted by Gasteiger charge is 2.17. The Hall–Kier alpha value is -1.82. The fraction of sp³-hybridized carbons (Fsp3) is 0. The largest absolute Gasteiger partial charge is 0.276 e. The summed E-state index contributed by atoms with van der Waals surface area (Å²) in [6, 6.07) is 7.47. The van der Waals surface area contributed by atoms with E-state index < -0.39 is 20.9 Å². The highest BCUT2D eigenvalue weighted by Crippen LogP contribution is 2.21. The van der Waals surface area contributed by atoms with Crippen molar-refractivity contribution >= 4 is 48.9 Å². The zero-order valence-electron chi connectivity index (χ0n) is 10.6. The van der Waals surface area contributed by atoms with Gasteiger partial charge in [0.15, 0.2) is 0 Å². The highest BCUT2D eigenvalue weighted by atomic mass is 79.9. The van der Waals surface area contributed by atoms with Crippen molar-refractivity contribution in [2.75, 3.05) is 0 Å². The third-order valence-corrected chi connectivity index (χ3v) is 5.34. The first-order valence-electron chi connectivity index (χ1n) is 5.61. The predicted molar refractivity (Wildman–Crippen MR) is 82.9 cm³/mol. The van der Waals surface area contributed by atoms with Gasteiger partial charge < -0.3 is 0 Å². The van der Waals surface area contributed by atoms with Crippen LogP contribution in [0.4, 0.5) is 5.69 Å². The van der Waals surface area contributed by atoms with E-state index >= 15 is 0 Å². The molecule has 1 amide bonds. The van der Waals surface area contributed by atoms with Gasteiger partial charge in [-0.25, -0.2) is 8.42 Å². The number of rotatable bonds is 5. The van der Waals surface area contributed by atoms with Gasteiger partial charge in [-0.3, -0.25) is 20.3 Å². The van der Waals surface area contributed by atoms with Crippen molar-refractivity contribution in [1.82, 2.24) is 10.3 Å². The maximum atomic E-state index is 12.0. The smallest absolute Gasteiger partial charge is 0.273 e. The van der Waals surface area contributed by atoms with E-state index in [0.717, 1.165) is 39.4 Å². The number of nitro groups is 1. The molecule has 0 unspecified atom stereocenters. The van der Waals surface area contributed by atoms with Crippen LogP contribution >= 0.6 is 27.3 Å². The number of halogens is 1. The van der Waals surface area contributed by atoms with Crippen molar-refractivity contribution in [3.05, 3.63) is 55.2 Å². The summed E-state index contributed by atoms with van der Waals surface area (Å²) < 4.78 is 24.6. The summed E-state index contributed by atoms with van der Waals surface area (Å²) in [6.07, 6.45) is 0. The van der Waals surface area contributed by atoms with Gasteiger partial charge in [0.1, 0.15) is 0 Å². The van der Waals surface area contributed by atoms with E-state index in [4.69, 9.17) is 0 Å². The molecule has 1 aromatic carbocycles. The number of hydrogen-bond acceptors (Lipinski definition) is 6. The summed E-state index contributed by atoms with van der Waals surface area (Å²) in [4.78, 5) is 23.7. The van der Waals surface area contributed by atoms with Crippen molar-refractivity contribution in [1.29, 1.82) is 0 Å². The molecular formula is C11H8BrN3O5S2. The molecule has 8 nitrogen and oxygen atoms in total. The quantitative estimate of drug-likeness (QED) is 0.582. The molecule has 1 aromatic heterocycles. The predicted octanol–water partition coefficient (Wildman–Crippen LogP) is 2.04. The Morgan fingerprint density at radius 1 is 1.18 bits per heavy atom. The Bertz CT molecular complexity index is 817. The second-order valence-corrected chi connectivity index (χ2v) is 8.06. The Labute approximate surface area is 137 Å². The normalized spacial score (nSPS) is 11.1. The molecule has 11 heteroatoms. The van der Waals surface area contributed by atoms with Crippen LogP contribution in [-0.2, 0) is 10.0 Å². The van der Waals surface area contributed by atoms with E-state index in [1.165, 1.54) is 6.07 Å². The number of benzene rings is 1. The number of nitrogens with one attached hydrogen (secondary N) is 2. The monoisotopic (exact) mass is 405 g/mol. The van der Waals surface area contributed by atoms with Crippen molar-refractivity contribution < 1.29 is 18.1 Å². The minimum absolute atomic E-state index is 0.203. The topological polar surface area (TPSA) is 118 Å². The number of carbonyl (C=O) groups is 1. The maximum absolute atomic E-state index is 12.0. The molecule has 0 aliphatic carbocycles. The Kier molecular flexibility index (Phi) is 4.90. The van der Waals surface area contributed by atoms with Crippen LogP contribution in [0.5, 0.6) is 0 Å². The van der Waals surface area contributed by atoms with E-state index in [1.54, 1.807) is 6.07 Å². The number of non-ortho nitro benzene ring substituents is 1. The molecule has 0 saturated carbocycles. The summed E-state index contributed by atoms with van der Waals surface area (Å²) in [5.74, 6) is -0.610. The number of hydrazine groups is 1. The lowest BCUT2D eigenvalue weighted by atomic mass is 10.3. The molecule has 0 aliphatic heterocycles. The summed E-state index contributed by atoms with van der Waals surface area (Å²) >= 11 is 4.33. The Morgan fingerprint density at radius 3 is 2.32 bits per heavy atom. The van der Waals surface area contributed by atoms with Crippen LogP contribution in [0, 0.1) is 10.1 Å². The molecule has 2 rings (SSSR count). The highest BCUT2D eigenvalue weighted by molar-refractivity contribution is 9.11. The number of sulfonamides is 1. The Morgan fingerprint density at radius 2 is 1.82 bits per heavy atom. The zero-order valence-corrected chi connectivity index (χ0v) is 13.9. The number of hydrogen-bond donors (Lipinski definition) is 2. The lowest BCUT2D eigenvalue weighted by Gasteiger charge is -2.07. The van der Waals surface area contributed by atoms with Gasteiger partial charge >= 0.3 is 0 Å². The van der Waals surface area contributed by atoms with E-state index in [2.05, 4.69) is 21.4 Å². The fourth-order valence-corrected chi connectivity index (χ4v) is 3.54. The van der Waals surface area contributed by atoms with Gasteiger partial charge in [0, 0.05) is 12.1 Å². The van der Waals surface area contributed by atoms with Gasteiger partial charge in [-0.05, 0) is 40.2 Å². The molecule has 0 fully saturated rings. The van der Waals surface area contributed by atoms with Gasteiger partial charge in [-0.1, -0.05) is 0 Å². The van der Waals surface area contributed by atoms with Crippen LogP contribution in [0.3, 0.4) is 0 Å². The zero-order chi connectivity index (χ0) is 16.3. The molecule has 2 aromatic rings. The molecule has 2 N–H and O–H groups in total. The SMILES string of the molecule is O=C(NNS(=O)(=O)c1ccc([N+](=O)[O-])cc1)c1ccc(Br)s1. The molecule has 0 atom stereocenters. The van der Waals surface area contributed by atoms with Crippen LogP contribution < -0.4 is 10.3 Å². The second kappa shape index (κ2) is 6.52. The number of thiophene rings is 1. The van der Waals surface area contributed by atoms with Crippen LogP contribution in [0.15, 0.2) is 45.1 Å². The lowest BCUT2D eigenvalue weighted by molar-refractivity contribution is -0.384. The second-order valence-electron chi connectivity index (χ2n) is 3.91. The number of nitro benzene ring substituents is 1. The van der Waals surface area contributed by atoms with Gasteiger partial charge in [0.05, 0.1) is 18.5 Å². The number of amides is 1. The minimum Gasteiger partial charge on any atom is -0.273 e. The minimum atomic E-state index is -4.01. The van der Waals surface area contributed by atoms with Crippen molar-refractivity contribution in [2.45, 2.75) is 4.90 Å². The van der Waals surface area contributed by atoms with E-state index in [1.807, 2.05) is 4.83 Å². The van der Waals surface area contributed by atoms with Crippen LogP contribution in [0.1, 0.15) is 9.67 Å². The van der Waals surface area contributed by atoms with Gasteiger partial charge in [-0.2, -0.15) is 0 Å². The van der Waals surface area contributed by atoms with Crippen LogP contribution in [0.25, 0.3) is 0 Å². The molecular weight excluding hydrogens is 398 g/mol. The first-order valence-corrected chi connectivity index (χ1v) is 8.71. The molecule has 22 heavy (non-hydrogen) atoms. The molecule has 116 valence electrons. The van der Waals surface area contributed by atoms with Crippen LogP contribution in [0.2, 0.25) is 0 Å². The van der Waals surface area contributed by atoms with E-state index in [-0.39, 0.29) is 10.6 Å². The molecule has 0 bridgehead atoms. The number of carbonyl (C=O) groups excluding carboxylic acids is 1. The molecule has 0 spiro atoms. The summed E-state index contributed by atoms with van der Waals surface area (Å²) in [7, 11) is -4.01. The first kappa shape index (κ1) is 16.5. The fourth-order valence-electron chi connectivity index (χ4n) is 1.42. The molecule has 1 heterocycles. The standard InChI is InChI=1S/C11H8BrN3O5S2/c12-10-6-5-9(21-10)11(16)13-14-22(19,20)8-3-1-7(2-4-8)15(17)18/h1-6,14H,(H,13,16). The Balaban J connectivity index is 2.07. The summed E-state index contributed by atoms with van der Waals surface area (Å²) in [5.41, 5.74) is 1.84. The van der Waals surface area contributed by atoms with E-state index in [0.29, 0.717) is 4.88 Å². The molecule has 0 saturated heterocycles. The summed E-state index contributed by atoms with van der Waals surface area (Å²) in [5, 5.41) is 10.5. The van der Waals surface area contributed by atoms with Crippen molar-refractivity contribution in [3.63, 3.8) is 0 Å². The third-order valence-electron chi connectivity index (χ3n) is 2.45. The van der Waals surface area contributed by atoms with Crippen molar-refractivity contribution in [3.8, 4) is 0 Å². The summed E-state index contributed by atoms with van der Waals surface area (Å²) in [6.45, 7) is 0.